The molecule has 0 saturated carbocycles. The molecule has 0 unspecified atom stereocenters. The van der Waals surface area contributed by atoms with E-state index in [9.17, 15) is 4.39 Å². The standard InChI is InChI=1S/C22H20FN5O/c1-2-18-13-20(28-21(26-18)15-7-10-24-11-8-15)25-12-9-19-14-29-22(27-19)16-3-5-17(23)6-4-16/h3-8,10-11,13-14H,2,9,12H2,1H3,(H,25,26,28). The van der Waals surface area contributed by atoms with Crippen LogP contribution in [0.1, 0.15) is 18.3 Å². The van der Waals surface area contributed by atoms with Crippen LogP contribution in [0, 0.1) is 5.82 Å². The third-order valence-electron chi connectivity index (χ3n) is 4.41. The molecule has 7 heteroatoms. The van der Waals surface area contributed by atoms with Crippen molar-refractivity contribution in [2.24, 2.45) is 0 Å². The summed E-state index contributed by atoms with van der Waals surface area (Å²) in [6, 6.07) is 11.8. The number of benzene rings is 1. The Labute approximate surface area is 167 Å². The highest BCUT2D eigenvalue weighted by atomic mass is 19.1. The number of hydrogen-bond donors (Lipinski definition) is 1. The van der Waals surface area contributed by atoms with Crippen LogP contribution in [0.2, 0.25) is 0 Å². The number of nitrogens with zero attached hydrogens (tertiary/aromatic N) is 4. The average molecular weight is 389 g/mol. The topological polar surface area (TPSA) is 76.7 Å². The third-order valence-corrected chi connectivity index (χ3v) is 4.41. The van der Waals surface area contributed by atoms with Gasteiger partial charge in [-0.1, -0.05) is 6.92 Å². The van der Waals surface area contributed by atoms with E-state index in [0.29, 0.717) is 24.7 Å². The first-order valence-electron chi connectivity index (χ1n) is 9.44. The molecule has 0 fully saturated rings. The molecule has 0 radical (unpaired) electrons. The molecule has 0 aliphatic carbocycles. The monoisotopic (exact) mass is 389 g/mol. The van der Waals surface area contributed by atoms with E-state index in [-0.39, 0.29) is 5.82 Å². The Morgan fingerprint density at radius 2 is 1.72 bits per heavy atom. The van der Waals surface area contributed by atoms with Crippen LogP contribution in [0.5, 0.6) is 0 Å². The molecule has 0 aliphatic heterocycles. The molecule has 146 valence electrons. The number of nitrogens with one attached hydrogen (secondary N) is 1. The summed E-state index contributed by atoms with van der Waals surface area (Å²) in [7, 11) is 0. The lowest BCUT2D eigenvalue weighted by molar-refractivity contribution is 0.572. The van der Waals surface area contributed by atoms with E-state index in [1.165, 1.54) is 12.1 Å². The lowest BCUT2D eigenvalue weighted by Gasteiger charge is -2.09. The molecule has 0 spiro atoms. The van der Waals surface area contributed by atoms with Crippen LogP contribution in [0.4, 0.5) is 10.2 Å². The summed E-state index contributed by atoms with van der Waals surface area (Å²) in [6.45, 7) is 2.71. The highest BCUT2D eigenvalue weighted by Crippen LogP contribution is 2.20. The van der Waals surface area contributed by atoms with Gasteiger partial charge in [-0.25, -0.2) is 19.3 Å². The maximum absolute atomic E-state index is 13.1. The van der Waals surface area contributed by atoms with Crippen molar-refractivity contribution in [2.75, 3.05) is 11.9 Å². The first-order valence-corrected chi connectivity index (χ1v) is 9.44. The van der Waals surface area contributed by atoms with E-state index in [1.807, 2.05) is 18.2 Å². The Hall–Kier alpha value is -3.61. The zero-order chi connectivity index (χ0) is 20.1. The van der Waals surface area contributed by atoms with Crippen LogP contribution in [0.25, 0.3) is 22.8 Å². The summed E-state index contributed by atoms with van der Waals surface area (Å²) in [6.07, 6.45) is 6.57. The number of aryl methyl sites for hydroxylation is 1. The highest BCUT2D eigenvalue weighted by molar-refractivity contribution is 5.57. The number of halogens is 1. The molecule has 0 aliphatic rings. The van der Waals surface area contributed by atoms with Crippen molar-refractivity contribution in [3.8, 4) is 22.8 Å². The zero-order valence-electron chi connectivity index (χ0n) is 16.0. The van der Waals surface area contributed by atoms with Gasteiger partial charge in [-0.3, -0.25) is 4.98 Å². The molecule has 0 bridgehead atoms. The number of oxazole rings is 1. The third kappa shape index (κ3) is 4.63. The number of hydrogen-bond acceptors (Lipinski definition) is 6. The van der Waals surface area contributed by atoms with Crippen LogP contribution in [0.3, 0.4) is 0 Å². The summed E-state index contributed by atoms with van der Waals surface area (Å²) in [5.41, 5.74) is 3.46. The molecule has 4 aromatic rings. The van der Waals surface area contributed by atoms with Crippen molar-refractivity contribution >= 4 is 5.82 Å². The zero-order valence-corrected chi connectivity index (χ0v) is 16.0. The average Bonchev–Trinajstić information content (AvgIpc) is 3.23. The molecule has 1 aromatic carbocycles. The Kier molecular flexibility index (Phi) is 5.56. The maximum Gasteiger partial charge on any atom is 0.226 e. The van der Waals surface area contributed by atoms with E-state index in [0.717, 1.165) is 34.8 Å². The van der Waals surface area contributed by atoms with Gasteiger partial charge < -0.3 is 9.73 Å². The van der Waals surface area contributed by atoms with Crippen molar-refractivity contribution in [1.29, 1.82) is 0 Å². The van der Waals surface area contributed by atoms with Gasteiger partial charge >= 0.3 is 0 Å². The fourth-order valence-corrected chi connectivity index (χ4v) is 2.86. The van der Waals surface area contributed by atoms with E-state index >= 15 is 0 Å². The largest absolute Gasteiger partial charge is 0.444 e. The van der Waals surface area contributed by atoms with Gasteiger partial charge in [0.25, 0.3) is 0 Å². The lowest BCUT2D eigenvalue weighted by atomic mass is 10.2. The van der Waals surface area contributed by atoms with Gasteiger partial charge in [-0.2, -0.15) is 0 Å². The van der Waals surface area contributed by atoms with Crippen LogP contribution >= 0.6 is 0 Å². The summed E-state index contributed by atoms with van der Waals surface area (Å²) in [4.78, 5) is 17.7. The van der Waals surface area contributed by atoms with Gasteiger partial charge in [0.15, 0.2) is 5.82 Å². The van der Waals surface area contributed by atoms with Crippen LogP contribution < -0.4 is 5.32 Å². The van der Waals surface area contributed by atoms with Crippen LogP contribution in [-0.2, 0) is 12.8 Å². The molecule has 0 amide bonds. The summed E-state index contributed by atoms with van der Waals surface area (Å²) < 4.78 is 18.6. The van der Waals surface area contributed by atoms with Crippen LogP contribution in [-0.4, -0.2) is 26.5 Å². The smallest absolute Gasteiger partial charge is 0.226 e. The Morgan fingerprint density at radius 3 is 2.48 bits per heavy atom. The second-order valence-corrected chi connectivity index (χ2v) is 6.49. The van der Waals surface area contributed by atoms with E-state index in [2.05, 4.69) is 32.2 Å². The molecule has 3 heterocycles. The van der Waals surface area contributed by atoms with E-state index < -0.39 is 0 Å². The number of pyridine rings is 1. The normalized spacial score (nSPS) is 10.8. The van der Waals surface area contributed by atoms with Gasteiger partial charge in [0.2, 0.25) is 5.89 Å². The molecule has 6 nitrogen and oxygen atoms in total. The number of aromatic nitrogens is 4. The minimum atomic E-state index is -0.285. The Bertz CT molecular complexity index is 1080. The highest BCUT2D eigenvalue weighted by Gasteiger charge is 2.09. The second kappa shape index (κ2) is 8.60. The molecule has 3 aromatic heterocycles. The van der Waals surface area contributed by atoms with Crippen LogP contribution in [0.15, 0.2) is 65.5 Å². The first-order chi connectivity index (χ1) is 14.2. The predicted molar refractivity (Wildman–Crippen MR) is 109 cm³/mol. The first kappa shape index (κ1) is 18.7. The van der Waals surface area contributed by atoms with Gasteiger partial charge in [0.1, 0.15) is 17.9 Å². The molecular formula is C22H20FN5O. The minimum absolute atomic E-state index is 0.285. The molecule has 29 heavy (non-hydrogen) atoms. The summed E-state index contributed by atoms with van der Waals surface area (Å²) >= 11 is 0. The number of rotatable bonds is 7. The van der Waals surface area contributed by atoms with Crippen molar-refractivity contribution in [3.05, 3.63) is 78.3 Å². The molecule has 4 rings (SSSR count). The fraction of sp³-hybridized carbons (Fsp3) is 0.182. The van der Waals surface area contributed by atoms with E-state index in [1.54, 1.807) is 30.8 Å². The van der Waals surface area contributed by atoms with E-state index in [4.69, 9.17) is 4.42 Å². The Morgan fingerprint density at radius 1 is 0.931 bits per heavy atom. The molecular weight excluding hydrogens is 369 g/mol. The second-order valence-electron chi connectivity index (χ2n) is 6.49. The van der Waals surface area contributed by atoms with Gasteiger partial charge in [0, 0.05) is 48.2 Å². The quantitative estimate of drug-likeness (QED) is 0.500. The maximum atomic E-state index is 13.1. The lowest BCUT2D eigenvalue weighted by Crippen LogP contribution is -2.08. The molecule has 0 atom stereocenters. The minimum Gasteiger partial charge on any atom is -0.444 e. The predicted octanol–water partition coefficient (Wildman–Crippen LogP) is 4.55. The summed E-state index contributed by atoms with van der Waals surface area (Å²) in [5.74, 6) is 1.64. The molecule has 1 N–H and O–H groups in total. The fourth-order valence-electron chi connectivity index (χ4n) is 2.86. The number of anilines is 1. The van der Waals surface area contributed by atoms with Crippen molar-refractivity contribution in [1.82, 2.24) is 19.9 Å². The SMILES string of the molecule is CCc1cc(NCCc2coc(-c3ccc(F)cc3)n2)nc(-c2ccncc2)n1. The van der Waals surface area contributed by atoms with Crippen molar-refractivity contribution in [3.63, 3.8) is 0 Å². The Balaban J connectivity index is 1.42. The van der Waals surface area contributed by atoms with Gasteiger partial charge in [-0.05, 0) is 42.8 Å². The van der Waals surface area contributed by atoms with Crippen molar-refractivity contribution in [2.45, 2.75) is 19.8 Å². The van der Waals surface area contributed by atoms with Gasteiger partial charge in [-0.15, -0.1) is 0 Å². The van der Waals surface area contributed by atoms with Gasteiger partial charge in [0.05, 0.1) is 5.69 Å². The summed E-state index contributed by atoms with van der Waals surface area (Å²) in [5, 5.41) is 3.34. The van der Waals surface area contributed by atoms with Crippen molar-refractivity contribution < 1.29 is 8.81 Å². The molecule has 0 saturated heterocycles.